The van der Waals surface area contributed by atoms with Gasteiger partial charge in [-0.1, -0.05) is 0 Å². The summed E-state index contributed by atoms with van der Waals surface area (Å²) < 4.78 is 5.70. The van der Waals surface area contributed by atoms with Crippen LogP contribution in [-0.2, 0) is 4.74 Å². The molecular weight excluding hydrogens is 216 g/mol. The summed E-state index contributed by atoms with van der Waals surface area (Å²) in [6, 6.07) is 0. The number of morpholine rings is 1. The van der Waals surface area contributed by atoms with Gasteiger partial charge in [0.2, 0.25) is 0 Å². The molecule has 0 aromatic carbocycles. The lowest BCUT2D eigenvalue weighted by molar-refractivity contribution is -0.0279. The highest BCUT2D eigenvalue weighted by Crippen LogP contribution is 2.26. The Morgan fingerprint density at radius 2 is 2.00 bits per heavy atom. The van der Waals surface area contributed by atoms with Gasteiger partial charge in [-0.3, -0.25) is 0 Å². The van der Waals surface area contributed by atoms with Gasteiger partial charge < -0.3 is 15.4 Å². The van der Waals surface area contributed by atoms with Gasteiger partial charge in [-0.2, -0.15) is 0 Å². The molecule has 1 aromatic heterocycles. The van der Waals surface area contributed by atoms with Crippen LogP contribution in [0.15, 0.2) is 0 Å². The van der Waals surface area contributed by atoms with Crippen LogP contribution in [0.4, 0.5) is 11.6 Å². The molecule has 0 atom stereocenters. The van der Waals surface area contributed by atoms with Gasteiger partial charge in [-0.15, -0.1) is 0 Å². The molecule has 0 unspecified atom stereocenters. The highest BCUT2D eigenvalue weighted by atomic mass is 16.5. The van der Waals surface area contributed by atoms with Crippen LogP contribution in [0, 0.1) is 13.8 Å². The molecule has 0 saturated carbocycles. The van der Waals surface area contributed by atoms with E-state index in [1.165, 1.54) is 0 Å². The summed E-state index contributed by atoms with van der Waals surface area (Å²) in [6.07, 6.45) is 0. The zero-order valence-corrected chi connectivity index (χ0v) is 10.9. The number of hydrogen-bond acceptors (Lipinski definition) is 5. The Bertz CT molecular complexity index is 431. The van der Waals surface area contributed by atoms with Crippen LogP contribution in [0.5, 0.6) is 0 Å². The van der Waals surface area contributed by atoms with E-state index in [0.29, 0.717) is 11.6 Å². The minimum atomic E-state index is -0.141. The molecule has 2 rings (SSSR count). The number of nitrogens with two attached hydrogens (primary N) is 1. The average Bonchev–Trinajstić information content (AvgIpc) is 2.22. The van der Waals surface area contributed by atoms with E-state index >= 15 is 0 Å². The zero-order chi connectivity index (χ0) is 12.6. The minimum absolute atomic E-state index is 0.141. The molecule has 17 heavy (non-hydrogen) atoms. The van der Waals surface area contributed by atoms with E-state index in [2.05, 4.69) is 28.7 Å². The third-order valence-corrected chi connectivity index (χ3v) is 2.99. The fourth-order valence-corrected chi connectivity index (χ4v) is 2.14. The maximum absolute atomic E-state index is 5.89. The number of hydrogen-bond donors (Lipinski definition) is 1. The van der Waals surface area contributed by atoms with Crippen LogP contribution in [0.25, 0.3) is 0 Å². The fourth-order valence-electron chi connectivity index (χ4n) is 2.14. The second-order valence-corrected chi connectivity index (χ2v) is 5.13. The zero-order valence-electron chi connectivity index (χ0n) is 10.9. The van der Waals surface area contributed by atoms with Gasteiger partial charge in [0.25, 0.3) is 0 Å². The fraction of sp³-hybridized carbons (Fsp3) is 0.667. The molecule has 0 bridgehead atoms. The van der Waals surface area contributed by atoms with Crippen LogP contribution >= 0.6 is 0 Å². The van der Waals surface area contributed by atoms with Crippen LogP contribution in [0.1, 0.15) is 25.2 Å². The second kappa shape index (κ2) is 4.14. The van der Waals surface area contributed by atoms with E-state index in [1.54, 1.807) is 0 Å². The first-order valence-corrected chi connectivity index (χ1v) is 5.89. The maximum Gasteiger partial charge on any atom is 0.137 e. The third-order valence-electron chi connectivity index (χ3n) is 2.99. The molecule has 1 aromatic rings. The Labute approximate surface area is 102 Å². The molecular formula is C12H20N4O. The van der Waals surface area contributed by atoms with E-state index in [4.69, 9.17) is 10.5 Å². The van der Waals surface area contributed by atoms with E-state index in [-0.39, 0.29) is 5.60 Å². The molecule has 0 spiro atoms. The standard InChI is InChI=1S/C12H20N4O/c1-8-10(13)14-9(2)15-11(8)16-5-6-17-12(3,4)7-16/h5-7H2,1-4H3,(H2,13,14,15). The van der Waals surface area contributed by atoms with Crippen molar-refractivity contribution in [2.75, 3.05) is 30.3 Å². The van der Waals surface area contributed by atoms with Crippen molar-refractivity contribution in [1.29, 1.82) is 0 Å². The molecule has 2 heterocycles. The van der Waals surface area contributed by atoms with Gasteiger partial charge in [0, 0.05) is 18.7 Å². The molecule has 0 amide bonds. The highest BCUT2D eigenvalue weighted by Gasteiger charge is 2.29. The smallest absolute Gasteiger partial charge is 0.137 e. The van der Waals surface area contributed by atoms with E-state index in [0.717, 1.165) is 31.1 Å². The van der Waals surface area contributed by atoms with Crippen LogP contribution < -0.4 is 10.6 Å². The minimum Gasteiger partial charge on any atom is -0.383 e. The molecule has 1 fully saturated rings. The van der Waals surface area contributed by atoms with Crippen LogP contribution in [-0.4, -0.2) is 35.3 Å². The van der Waals surface area contributed by atoms with Crippen molar-refractivity contribution in [3.05, 3.63) is 11.4 Å². The average molecular weight is 236 g/mol. The second-order valence-electron chi connectivity index (χ2n) is 5.13. The van der Waals surface area contributed by atoms with Gasteiger partial charge in [0.15, 0.2) is 0 Å². The SMILES string of the molecule is Cc1nc(N)c(C)c(N2CCOC(C)(C)C2)n1. The van der Waals surface area contributed by atoms with E-state index in [1.807, 2.05) is 13.8 Å². The Kier molecular flexibility index (Phi) is 2.95. The number of ether oxygens (including phenoxy) is 1. The van der Waals surface area contributed by atoms with Gasteiger partial charge in [-0.25, -0.2) is 9.97 Å². The predicted molar refractivity (Wildman–Crippen MR) is 68.2 cm³/mol. The molecule has 5 nitrogen and oxygen atoms in total. The molecule has 94 valence electrons. The molecule has 0 aliphatic carbocycles. The number of nitrogens with zero attached hydrogens (tertiary/aromatic N) is 3. The summed E-state index contributed by atoms with van der Waals surface area (Å²) in [4.78, 5) is 10.9. The number of nitrogen functional groups attached to an aromatic ring is 1. The van der Waals surface area contributed by atoms with Gasteiger partial charge in [0.05, 0.1) is 12.2 Å². The molecule has 1 saturated heterocycles. The number of rotatable bonds is 1. The van der Waals surface area contributed by atoms with Gasteiger partial charge >= 0.3 is 0 Å². The van der Waals surface area contributed by atoms with Crippen molar-refractivity contribution in [2.24, 2.45) is 0 Å². The van der Waals surface area contributed by atoms with E-state index in [9.17, 15) is 0 Å². The first-order valence-electron chi connectivity index (χ1n) is 5.89. The largest absolute Gasteiger partial charge is 0.383 e. The van der Waals surface area contributed by atoms with Crippen molar-refractivity contribution < 1.29 is 4.74 Å². The maximum atomic E-state index is 5.89. The Balaban J connectivity index is 2.34. The molecule has 1 aliphatic rings. The van der Waals surface area contributed by atoms with Crippen LogP contribution in [0.3, 0.4) is 0 Å². The van der Waals surface area contributed by atoms with Crippen molar-refractivity contribution in [2.45, 2.75) is 33.3 Å². The van der Waals surface area contributed by atoms with Gasteiger partial charge in [-0.05, 0) is 27.7 Å². The lowest BCUT2D eigenvalue weighted by Crippen LogP contribution is -2.49. The number of aryl methyl sites for hydroxylation is 1. The molecule has 1 aliphatic heterocycles. The van der Waals surface area contributed by atoms with Gasteiger partial charge in [0.1, 0.15) is 17.5 Å². The summed E-state index contributed by atoms with van der Waals surface area (Å²) in [7, 11) is 0. The summed E-state index contributed by atoms with van der Waals surface area (Å²) >= 11 is 0. The number of aromatic nitrogens is 2. The number of anilines is 2. The topological polar surface area (TPSA) is 64.3 Å². The Morgan fingerprint density at radius 3 is 2.65 bits per heavy atom. The van der Waals surface area contributed by atoms with Crippen molar-refractivity contribution in [3.8, 4) is 0 Å². The summed E-state index contributed by atoms with van der Waals surface area (Å²) in [5.41, 5.74) is 6.70. The highest BCUT2D eigenvalue weighted by molar-refractivity contribution is 5.56. The normalized spacial score (nSPS) is 19.4. The first kappa shape index (κ1) is 12.1. The van der Waals surface area contributed by atoms with E-state index < -0.39 is 0 Å². The first-order chi connectivity index (χ1) is 7.89. The quantitative estimate of drug-likeness (QED) is 0.796. The van der Waals surface area contributed by atoms with Crippen LogP contribution in [0.2, 0.25) is 0 Å². The summed E-state index contributed by atoms with van der Waals surface area (Å²) in [5.74, 6) is 2.22. The summed E-state index contributed by atoms with van der Waals surface area (Å²) in [6.45, 7) is 10.4. The lowest BCUT2D eigenvalue weighted by Gasteiger charge is -2.39. The predicted octanol–water partition coefficient (Wildman–Crippen LogP) is 1.29. The molecule has 0 radical (unpaired) electrons. The summed E-state index contributed by atoms with van der Waals surface area (Å²) in [5, 5.41) is 0. The van der Waals surface area contributed by atoms with Crippen molar-refractivity contribution >= 4 is 11.6 Å². The molecule has 2 N–H and O–H groups in total. The van der Waals surface area contributed by atoms with Crippen molar-refractivity contribution in [1.82, 2.24) is 9.97 Å². The molecule has 5 heteroatoms. The lowest BCUT2D eigenvalue weighted by atomic mass is 10.1. The van der Waals surface area contributed by atoms with Crippen molar-refractivity contribution in [3.63, 3.8) is 0 Å². The monoisotopic (exact) mass is 236 g/mol. The third kappa shape index (κ3) is 2.49. The Morgan fingerprint density at radius 1 is 1.29 bits per heavy atom. The Hall–Kier alpha value is -1.36.